The van der Waals surface area contributed by atoms with Crippen LogP contribution in [0, 0.1) is 0 Å². The maximum atomic E-state index is 10.6. The van der Waals surface area contributed by atoms with Gasteiger partial charge in [-0.25, -0.2) is 9.78 Å². The number of carboxylic acids is 1. The lowest BCUT2D eigenvalue weighted by Gasteiger charge is -2.28. The van der Waals surface area contributed by atoms with Crippen LogP contribution in [0.15, 0.2) is 23.6 Å². The molecule has 3 aromatic heterocycles. The van der Waals surface area contributed by atoms with Crippen molar-refractivity contribution < 1.29 is 27.8 Å². The second kappa shape index (κ2) is 10.5. The van der Waals surface area contributed by atoms with Gasteiger partial charge in [-0.05, 0) is 17.9 Å². The molecule has 0 saturated carbocycles. The molecule has 1 fully saturated rings. The molecule has 4 heterocycles. The highest BCUT2D eigenvalue weighted by atomic mass is 35.5. The van der Waals surface area contributed by atoms with E-state index in [2.05, 4.69) is 21.7 Å². The Morgan fingerprint density at radius 2 is 2.12 bits per heavy atom. The average molecular weight is 528 g/mol. The van der Waals surface area contributed by atoms with Crippen molar-refractivity contribution in [2.75, 3.05) is 18.5 Å². The predicted molar refractivity (Wildman–Crippen MR) is 121 cm³/mol. The first-order valence-corrected chi connectivity index (χ1v) is 11.7. The highest BCUT2D eigenvalue weighted by Gasteiger charge is 2.38. The molecule has 1 aliphatic heterocycles. The van der Waals surface area contributed by atoms with E-state index in [0.29, 0.717) is 23.4 Å². The number of rotatable bonds is 4. The van der Waals surface area contributed by atoms with Crippen LogP contribution in [0.3, 0.4) is 0 Å². The van der Waals surface area contributed by atoms with Gasteiger partial charge < -0.3 is 20.9 Å². The summed E-state index contributed by atoms with van der Waals surface area (Å²) in [5, 5.41) is 13.8. The number of fused-ring (bicyclic) bond motifs is 1. The maximum Gasteiger partial charge on any atom is 0.490 e. The van der Waals surface area contributed by atoms with Gasteiger partial charge in [0, 0.05) is 40.9 Å². The van der Waals surface area contributed by atoms with Crippen LogP contribution in [0.25, 0.3) is 10.2 Å². The quantitative estimate of drug-likeness (QED) is 0.374. The first kappa shape index (κ1) is 25.0. The molecule has 6 nitrogen and oxygen atoms in total. The van der Waals surface area contributed by atoms with Crippen LogP contribution < -0.4 is 11.1 Å². The standard InChI is InChI=1S/C17H17Cl2N3OS2.C2HF3O2/c18-13-6-12(21-7-9-2-1-5-24-9)17-15(22-13)14(19)16(25-17)10-3-4-23-8-11(10)20;3-2(4,5)1(6)7/h1-2,5-6,10-11H,3-4,7-8,20H2,(H,21,22);(H,6,7)/t10-,11-;/m1./s1. The Hall–Kier alpha value is -1.63. The number of nitrogens with one attached hydrogen (secondary N) is 1. The van der Waals surface area contributed by atoms with Crippen LogP contribution in [-0.4, -0.2) is 41.5 Å². The number of thiophene rings is 2. The van der Waals surface area contributed by atoms with Gasteiger partial charge in [-0.1, -0.05) is 29.3 Å². The van der Waals surface area contributed by atoms with Crippen LogP contribution in [0.2, 0.25) is 10.2 Å². The second-order valence-electron chi connectivity index (χ2n) is 6.82. The van der Waals surface area contributed by atoms with E-state index >= 15 is 0 Å². The third-order valence-electron chi connectivity index (χ3n) is 4.59. The lowest BCUT2D eigenvalue weighted by atomic mass is 9.94. The summed E-state index contributed by atoms with van der Waals surface area (Å²) >= 11 is 16.3. The first-order valence-electron chi connectivity index (χ1n) is 9.26. The van der Waals surface area contributed by atoms with Crippen molar-refractivity contribution in [1.29, 1.82) is 0 Å². The van der Waals surface area contributed by atoms with Crippen LogP contribution in [0.4, 0.5) is 18.9 Å². The molecule has 1 saturated heterocycles. The van der Waals surface area contributed by atoms with E-state index in [1.54, 1.807) is 22.7 Å². The van der Waals surface area contributed by atoms with Gasteiger partial charge in [-0.3, -0.25) is 0 Å². The van der Waals surface area contributed by atoms with Crippen molar-refractivity contribution in [2.24, 2.45) is 5.73 Å². The number of alkyl halides is 3. The van der Waals surface area contributed by atoms with Crippen molar-refractivity contribution >= 4 is 67.7 Å². The average Bonchev–Trinajstić information content (AvgIpc) is 3.35. The Bertz CT molecular complexity index is 1080. The largest absolute Gasteiger partial charge is 0.490 e. The molecule has 13 heteroatoms. The minimum Gasteiger partial charge on any atom is -0.475 e. The molecule has 0 amide bonds. The van der Waals surface area contributed by atoms with Gasteiger partial charge in [0.05, 0.1) is 22.0 Å². The number of nitrogens with zero attached hydrogens (tertiary/aromatic N) is 1. The lowest BCUT2D eigenvalue weighted by Crippen LogP contribution is -2.37. The molecule has 1 aliphatic rings. The van der Waals surface area contributed by atoms with Crippen molar-refractivity contribution in [3.63, 3.8) is 0 Å². The van der Waals surface area contributed by atoms with Gasteiger partial charge in [0.25, 0.3) is 0 Å². The molecule has 0 bridgehead atoms. The molecule has 2 atom stereocenters. The van der Waals surface area contributed by atoms with E-state index in [9.17, 15) is 13.2 Å². The number of halogens is 5. The highest BCUT2D eigenvalue weighted by molar-refractivity contribution is 7.20. The molecule has 3 aromatic rings. The summed E-state index contributed by atoms with van der Waals surface area (Å²) < 4.78 is 38.2. The Morgan fingerprint density at radius 1 is 1.41 bits per heavy atom. The number of pyridine rings is 1. The van der Waals surface area contributed by atoms with Crippen molar-refractivity contribution in [1.82, 2.24) is 4.98 Å². The summed E-state index contributed by atoms with van der Waals surface area (Å²) in [5.41, 5.74) is 7.97. The molecular weight excluding hydrogens is 510 g/mol. The number of hydrogen-bond donors (Lipinski definition) is 3. The Balaban J connectivity index is 0.000000360. The Labute approximate surface area is 199 Å². The van der Waals surface area contributed by atoms with Gasteiger partial charge >= 0.3 is 12.1 Å². The fourth-order valence-electron chi connectivity index (χ4n) is 3.08. The molecule has 0 spiro atoms. The van der Waals surface area contributed by atoms with Gasteiger partial charge in [0.2, 0.25) is 0 Å². The molecule has 0 aromatic carbocycles. The van der Waals surface area contributed by atoms with E-state index in [1.807, 2.05) is 12.1 Å². The lowest BCUT2D eigenvalue weighted by molar-refractivity contribution is -0.192. The summed E-state index contributed by atoms with van der Waals surface area (Å²) in [6, 6.07) is 5.96. The van der Waals surface area contributed by atoms with Crippen molar-refractivity contribution in [3.8, 4) is 0 Å². The molecular formula is C19H18Cl2F3N3O3S2. The SMILES string of the molecule is N[C@@H]1COCC[C@H]1c1sc2c(NCc3cccs3)cc(Cl)nc2c1Cl.O=C(O)C(F)(F)F. The predicted octanol–water partition coefficient (Wildman–Crippen LogP) is 5.74. The zero-order valence-electron chi connectivity index (χ0n) is 16.3. The van der Waals surface area contributed by atoms with Gasteiger partial charge in [-0.2, -0.15) is 13.2 Å². The van der Waals surface area contributed by atoms with Gasteiger partial charge in [-0.15, -0.1) is 22.7 Å². The molecule has 0 radical (unpaired) electrons. The minimum absolute atomic E-state index is 0.0442. The zero-order chi connectivity index (χ0) is 23.5. The van der Waals surface area contributed by atoms with E-state index in [-0.39, 0.29) is 12.0 Å². The summed E-state index contributed by atoms with van der Waals surface area (Å²) in [7, 11) is 0. The third-order valence-corrected chi connectivity index (χ3v) is 7.50. The number of carbonyl (C=O) groups is 1. The molecule has 32 heavy (non-hydrogen) atoms. The normalized spacial score (nSPS) is 18.8. The van der Waals surface area contributed by atoms with Crippen LogP contribution in [-0.2, 0) is 16.1 Å². The fraction of sp³-hybridized carbons (Fsp3) is 0.368. The van der Waals surface area contributed by atoms with E-state index in [1.165, 1.54) is 4.88 Å². The number of hydrogen-bond acceptors (Lipinski definition) is 7. The first-order chi connectivity index (χ1) is 15.1. The molecule has 4 rings (SSSR count). The summed E-state index contributed by atoms with van der Waals surface area (Å²) in [5.74, 6) is -2.56. The summed E-state index contributed by atoms with van der Waals surface area (Å²) in [6.45, 7) is 2.02. The molecule has 174 valence electrons. The molecule has 4 N–H and O–H groups in total. The topological polar surface area (TPSA) is 97.5 Å². The third kappa shape index (κ3) is 6.03. The number of aromatic nitrogens is 1. The van der Waals surface area contributed by atoms with Gasteiger partial charge in [0.1, 0.15) is 10.7 Å². The van der Waals surface area contributed by atoms with Gasteiger partial charge in [0.15, 0.2) is 0 Å². The Morgan fingerprint density at radius 3 is 2.72 bits per heavy atom. The summed E-state index contributed by atoms with van der Waals surface area (Å²) in [6.07, 6.45) is -4.21. The van der Waals surface area contributed by atoms with E-state index in [0.717, 1.165) is 33.7 Å². The Kier molecular flexibility index (Phi) is 8.23. The molecule has 0 aliphatic carbocycles. The maximum absolute atomic E-state index is 10.6. The zero-order valence-corrected chi connectivity index (χ0v) is 19.4. The number of ether oxygens (including phenoxy) is 1. The van der Waals surface area contributed by atoms with Crippen LogP contribution >= 0.6 is 45.9 Å². The highest BCUT2D eigenvalue weighted by Crippen LogP contribution is 2.45. The van der Waals surface area contributed by atoms with E-state index in [4.69, 9.17) is 43.6 Å². The smallest absolute Gasteiger partial charge is 0.475 e. The number of anilines is 1. The molecule has 0 unspecified atom stereocenters. The van der Waals surface area contributed by atoms with Crippen molar-refractivity contribution in [3.05, 3.63) is 43.5 Å². The van der Waals surface area contributed by atoms with Crippen LogP contribution in [0.5, 0.6) is 0 Å². The number of carboxylic acid groups (broad SMARTS) is 1. The summed E-state index contributed by atoms with van der Waals surface area (Å²) in [4.78, 5) is 15.7. The van der Waals surface area contributed by atoms with Crippen LogP contribution in [0.1, 0.15) is 22.1 Å². The minimum atomic E-state index is -5.08. The monoisotopic (exact) mass is 527 g/mol. The second-order valence-corrected chi connectivity index (χ2v) is 9.67. The fourth-order valence-corrected chi connectivity index (χ4v) is 5.70. The number of aliphatic carboxylic acids is 1. The number of nitrogens with two attached hydrogens (primary N) is 1. The van der Waals surface area contributed by atoms with Crippen molar-refractivity contribution in [2.45, 2.75) is 31.1 Å². The van der Waals surface area contributed by atoms with E-state index < -0.39 is 12.1 Å².